The van der Waals surface area contributed by atoms with Crippen molar-refractivity contribution in [3.8, 4) is 5.75 Å². The molecule has 0 aliphatic rings. The van der Waals surface area contributed by atoms with Gasteiger partial charge in [0.25, 0.3) is 0 Å². The Morgan fingerprint density at radius 1 is 0.929 bits per heavy atom. The number of methoxy groups -OCH3 is 1. The summed E-state index contributed by atoms with van der Waals surface area (Å²) >= 11 is 0. The molecule has 2 aromatic rings. The first-order chi connectivity index (χ1) is 13.2. The zero-order valence-electron chi connectivity index (χ0n) is 16.3. The lowest BCUT2D eigenvalue weighted by atomic mass is 10.1. The molecule has 28 heavy (non-hydrogen) atoms. The fraction of sp³-hybridized carbons (Fsp3) is 0.300. The molecular weight excluding hydrogens is 382 g/mol. The van der Waals surface area contributed by atoms with Crippen LogP contribution in [0.4, 0.5) is 0 Å². The molecule has 0 N–H and O–H groups in total. The third kappa shape index (κ3) is 4.58. The maximum absolute atomic E-state index is 12.8. The van der Waals surface area contributed by atoms with Gasteiger partial charge in [0, 0.05) is 13.1 Å². The number of hydrogen-bond donors (Lipinski definition) is 0. The van der Waals surface area contributed by atoms with Gasteiger partial charge >= 0.3 is 11.9 Å². The van der Waals surface area contributed by atoms with Gasteiger partial charge in [-0.3, -0.25) is 0 Å². The second-order valence-electron chi connectivity index (χ2n) is 5.98. The van der Waals surface area contributed by atoms with Gasteiger partial charge in [-0.2, -0.15) is 4.31 Å². The smallest absolute Gasteiger partial charge is 0.343 e. The second kappa shape index (κ2) is 8.99. The van der Waals surface area contributed by atoms with E-state index in [0.717, 1.165) is 0 Å². The van der Waals surface area contributed by atoms with E-state index < -0.39 is 22.0 Å². The molecule has 0 atom stereocenters. The Bertz CT molecular complexity index is 963. The van der Waals surface area contributed by atoms with Gasteiger partial charge in [0.2, 0.25) is 10.0 Å². The van der Waals surface area contributed by atoms with Crippen molar-refractivity contribution in [2.75, 3.05) is 20.2 Å². The second-order valence-corrected chi connectivity index (χ2v) is 7.88. The zero-order valence-corrected chi connectivity index (χ0v) is 17.1. The summed E-state index contributed by atoms with van der Waals surface area (Å²) in [6.45, 7) is 5.86. The minimum Gasteiger partial charge on any atom is -0.465 e. The summed E-state index contributed by atoms with van der Waals surface area (Å²) < 4.78 is 36.8. The van der Waals surface area contributed by atoms with Crippen LogP contribution in [0, 0.1) is 6.92 Å². The van der Waals surface area contributed by atoms with Crippen molar-refractivity contribution < 1.29 is 27.5 Å². The first kappa shape index (κ1) is 21.6. The Balaban J connectivity index is 2.28. The molecule has 7 nitrogen and oxygen atoms in total. The summed E-state index contributed by atoms with van der Waals surface area (Å²) in [5.41, 5.74) is 0.990. The number of hydrogen-bond acceptors (Lipinski definition) is 6. The van der Waals surface area contributed by atoms with Crippen LogP contribution < -0.4 is 4.74 Å². The molecule has 0 aliphatic heterocycles. The highest BCUT2D eigenvalue weighted by Crippen LogP contribution is 2.22. The minimum absolute atomic E-state index is 0.0756. The van der Waals surface area contributed by atoms with Crippen LogP contribution in [0.25, 0.3) is 0 Å². The van der Waals surface area contributed by atoms with E-state index in [1.165, 1.54) is 47.8 Å². The van der Waals surface area contributed by atoms with E-state index in [2.05, 4.69) is 4.74 Å². The lowest BCUT2D eigenvalue weighted by Crippen LogP contribution is -2.31. The standard InChI is InChI=1S/C20H23NO6S/c1-5-21(6-2)28(24,25)18-13-16(8-7-14(18)3)20(23)27-17-11-9-15(10-12-17)19(22)26-4/h7-13H,5-6H2,1-4H3. The van der Waals surface area contributed by atoms with E-state index in [0.29, 0.717) is 24.2 Å². The third-order valence-electron chi connectivity index (χ3n) is 4.23. The summed E-state index contributed by atoms with van der Waals surface area (Å²) in [6.07, 6.45) is 0. The highest BCUT2D eigenvalue weighted by molar-refractivity contribution is 7.89. The van der Waals surface area contributed by atoms with Gasteiger partial charge in [-0.1, -0.05) is 19.9 Å². The van der Waals surface area contributed by atoms with E-state index in [9.17, 15) is 18.0 Å². The highest BCUT2D eigenvalue weighted by Gasteiger charge is 2.25. The molecule has 0 aromatic heterocycles. The van der Waals surface area contributed by atoms with Crippen LogP contribution in [0.3, 0.4) is 0 Å². The predicted molar refractivity (Wildman–Crippen MR) is 104 cm³/mol. The highest BCUT2D eigenvalue weighted by atomic mass is 32.2. The van der Waals surface area contributed by atoms with Gasteiger partial charge in [-0.15, -0.1) is 0 Å². The van der Waals surface area contributed by atoms with E-state index in [-0.39, 0.29) is 16.2 Å². The normalized spacial score (nSPS) is 11.3. The van der Waals surface area contributed by atoms with Crippen molar-refractivity contribution in [3.05, 3.63) is 59.2 Å². The SMILES string of the molecule is CCN(CC)S(=O)(=O)c1cc(C(=O)Oc2ccc(C(=O)OC)cc2)ccc1C. The number of rotatable bonds is 7. The number of carbonyl (C=O) groups is 2. The van der Waals surface area contributed by atoms with Crippen molar-refractivity contribution >= 4 is 22.0 Å². The fourth-order valence-corrected chi connectivity index (χ4v) is 4.36. The summed E-state index contributed by atoms with van der Waals surface area (Å²) in [4.78, 5) is 24.0. The summed E-state index contributed by atoms with van der Waals surface area (Å²) in [5, 5.41) is 0. The molecule has 150 valence electrons. The van der Waals surface area contributed by atoms with Crippen molar-refractivity contribution in [2.24, 2.45) is 0 Å². The van der Waals surface area contributed by atoms with Crippen molar-refractivity contribution in [3.63, 3.8) is 0 Å². The minimum atomic E-state index is -3.70. The number of aryl methyl sites for hydroxylation is 1. The first-order valence-corrected chi connectivity index (χ1v) is 10.2. The Hall–Kier alpha value is -2.71. The summed E-state index contributed by atoms with van der Waals surface area (Å²) in [5.74, 6) is -0.962. The molecule has 0 aliphatic carbocycles. The Kier molecular flexibility index (Phi) is 6.93. The van der Waals surface area contributed by atoms with E-state index in [4.69, 9.17) is 4.74 Å². The van der Waals surface area contributed by atoms with Crippen LogP contribution in [0.2, 0.25) is 0 Å². The van der Waals surface area contributed by atoms with Crippen molar-refractivity contribution in [1.29, 1.82) is 0 Å². The molecule has 0 unspecified atom stereocenters. The van der Waals surface area contributed by atoms with Crippen molar-refractivity contribution in [2.45, 2.75) is 25.7 Å². The molecular formula is C20H23NO6S. The van der Waals surface area contributed by atoms with E-state index >= 15 is 0 Å². The topological polar surface area (TPSA) is 90.0 Å². The lowest BCUT2D eigenvalue weighted by molar-refractivity contribution is 0.0600. The number of sulfonamides is 1. The number of carbonyl (C=O) groups excluding carboxylic acids is 2. The maximum Gasteiger partial charge on any atom is 0.343 e. The van der Waals surface area contributed by atoms with Gasteiger partial charge in [-0.25, -0.2) is 18.0 Å². The van der Waals surface area contributed by atoms with Crippen LogP contribution in [-0.2, 0) is 14.8 Å². The average molecular weight is 405 g/mol. The predicted octanol–water partition coefficient (Wildman–Crippen LogP) is 3.03. The Labute approximate surface area is 164 Å². The summed E-state index contributed by atoms with van der Waals surface area (Å²) in [7, 11) is -2.43. The molecule has 8 heteroatoms. The van der Waals surface area contributed by atoms with Gasteiger partial charge in [-0.05, 0) is 48.9 Å². The largest absolute Gasteiger partial charge is 0.465 e. The van der Waals surface area contributed by atoms with E-state index in [1.807, 2.05) is 0 Å². The molecule has 0 saturated carbocycles. The lowest BCUT2D eigenvalue weighted by Gasteiger charge is -2.20. The number of ether oxygens (including phenoxy) is 2. The van der Waals surface area contributed by atoms with Gasteiger partial charge in [0.05, 0.1) is 23.1 Å². The van der Waals surface area contributed by atoms with Gasteiger partial charge < -0.3 is 9.47 Å². The molecule has 2 rings (SSSR count). The van der Waals surface area contributed by atoms with Crippen LogP contribution in [0.15, 0.2) is 47.4 Å². The zero-order chi connectivity index (χ0) is 20.9. The molecule has 2 aromatic carbocycles. The van der Waals surface area contributed by atoms with Gasteiger partial charge in [0.15, 0.2) is 0 Å². The van der Waals surface area contributed by atoms with Crippen LogP contribution >= 0.6 is 0 Å². The molecule has 0 amide bonds. The van der Waals surface area contributed by atoms with Crippen LogP contribution in [0.1, 0.15) is 40.1 Å². The molecule has 0 fully saturated rings. The fourth-order valence-electron chi connectivity index (χ4n) is 2.65. The quantitative estimate of drug-likeness (QED) is 0.520. The monoisotopic (exact) mass is 405 g/mol. The van der Waals surface area contributed by atoms with E-state index in [1.54, 1.807) is 26.8 Å². The Morgan fingerprint density at radius 2 is 1.50 bits per heavy atom. The molecule has 0 saturated heterocycles. The first-order valence-electron chi connectivity index (χ1n) is 8.75. The number of nitrogens with zero attached hydrogens (tertiary/aromatic N) is 1. The molecule has 0 spiro atoms. The number of benzene rings is 2. The Morgan fingerprint density at radius 3 is 2.04 bits per heavy atom. The van der Waals surface area contributed by atoms with Crippen molar-refractivity contribution in [1.82, 2.24) is 4.31 Å². The molecule has 0 bridgehead atoms. The summed E-state index contributed by atoms with van der Waals surface area (Å²) in [6, 6.07) is 10.3. The van der Waals surface area contributed by atoms with Crippen LogP contribution in [-0.4, -0.2) is 44.9 Å². The number of esters is 2. The maximum atomic E-state index is 12.8. The third-order valence-corrected chi connectivity index (χ3v) is 6.42. The average Bonchev–Trinajstić information content (AvgIpc) is 2.68. The molecule has 0 radical (unpaired) electrons. The molecule has 0 heterocycles. The van der Waals surface area contributed by atoms with Crippen LogP contribution in [0.5, 0.6) is 5.75 Å². The van der Waals surface area contributed by atoms with Gasteiger partial charge in [0.1, 0.15) is 5.75 Å².